The summed E-state index contributed by atoms with van der Waals surface area (Å²) in [6, 6.07) is 8.40. The van der Waals surface area contributed by atoms with Gasteiger partial charge in [-0.25, -0.2) is 4.39 Å². The lowest BCUT2D eigenvalue weighted by atomic mass is 9.46. The van der Waals surface area contributed by atoms with Crippen molar-refractivity contribution in [2.75, 3.05) is 5.32 Å². The third-order valence-electron chi connectivity index (χ3n) is 8.52. The quantitative estimate of drug-likeness (QED) is 0.295. The van der Waals surface area contributed by atoms with Crippen LogP contribution in [0.25, 0.3) is 0 Å². The Labute approximate surface area is 221 Å². The van der Waals surface area contributed by atoms with Crippen LogP contribution in [0.3, 0.4) is 0 Å². The van der Waals surface area contributed by atoms with Gasteiger partial charge in [-0.1, -0.05) is 18.2 Å². The highest BCUT2D eigenvalue weighted by Gasteiger charge is 2.60. The average Bonchev–Trinajstić information content (AvgIpc) is 3.36. The number of nitrogens with one attached hydrogen (secondary N) is 1. The Morgan fingerprint density at radius 2 is 1.97 bits per heavy atom. The fraction of sp³-hybridized carbons (Fsp3) is 0.500. The summed E-state index contributed by atoms with van der Waals surface area (Å²) >= 11 is 3.30. The lowest BCUT2D eigenvalue weighted by molar-refractivity contribution is -0.390. The van der Waals surface area contributed by atoms with Gasteiger partial charge in [-0.3, -0.25) is 9.48 Å². The van der Waals surface area contributed by atoms with E-state index in [-0.39, 0.29) is 35.0 Å². The summed E-state index contributed by atoms with van der Waals surface area (Å²) < 4.78 is 18.0. The third kappa shape index (κ3) is 4.36. The first-order valence-corrected chi connectivity index (χ1v) is 13.4. The van der Waals surface area contributed by atoms with E-state index in [0.717, 1.165) is 44.2 Å². The van der Waals surface area contributed by atoms with Crippen molar-refractivity contribution in [2.24, 2.45) is 17.3 Å². The average molecular weight is 571 g/mol. The molecule has 7 rings (SSSR count). The molecule has 11 heteroatoms. The number of benzene rings is 1. The summed E-state index contributed by atoms with van der Waals surface area (Å²) in [6.07, 6.45) is 7.92. The molecule has 1 aromatic carbocycles. The molecule has 0 aliphatic heterocycles. The van der Waals surface area contributed by atoms with Crippen molar-refractivity contribution in [1.82, 2.24) is 19.6 Å². The molecule has 0 saturated heterocycles. The highest BCUT2D eigenvalue weighted by atomic mass is 79.9. The van der Waals surface area contributed by atoms with E-state index >= 15 is 0 Å². The first-order chi connectivity index (χ1) is 17.6. The second kappa shape index (κ2) is 8.75. The molecule has 2 unspecified atom stereocenters. The minimum atomic E-state index is -0.461. The fourth-order valence-corrected chi connectivity index (χ4v) is 8.05. The molecule has 37 heavy (non-hydrogen) atoms. The molecule has 0 spiro atoms. The fourth-order valence-electron chi connectivity index (χ4n) is 7.63. The summed E-state index contributed by atoms with van der Waals surface area (Å²) in [5.74, 6) is 0.902. The van der Waals surface area contributed by atoms with Crippen LogP contribution in [0.15, 0.2) is 41.0 Å². The van der Waals surface area contributed by atoms with Crippen LogP contribution >= 0.6 is 15.9 Å². The van der Waals surface area contributed by atoms with Crippen molar-refractivity contribution >= 4 is 33.5 Å². The summed E-state index contributed by atoms with van der Waals surface area (Å²) in [7, 11) is 0. The molecule has 2 atom stereocenters. The maximum Gasteiger partial charge on any atom is 0.404 e. The first kappa shape index (κ1) is 24.3. The van der Waals surface area contributed by atoms with Crippen LogP contribution in [0.4, 0.5) is 16.0 Å². The van der Waals surface area contributed by atoms with Crippen molar-refractivity contribution in [2.45, 2.75) is 64.0 Å². The number of carbonyl (C=O) groups excluding carboxylic acids is 1. The van der Waals surface area contributed by atoms with Gasteiger partial charge in [0.05, 0.1) is 23.4 Å². The van der Waals surface area contributed by atoms with Gasteiger partial charge in [-0.05, 0) is 89.6 Å². The van der Waals surface area contributed by atoms with Crippen LogP contribution in [0.1, 0.15) is 56.2 Å². The molecule has 1 amide bonds. The van der Waals surface area contributed by atoms with E-state index in [1.807, 2.05) is 11.6 Å². The monoisotopic (exact) mass is 570 g/mol. The summed E-state index contributed by atoms with van der Waals surface area (Å²) in [6.45, 7) is 2.17. The Morgan fingerprint density at radius 3 is 2.65 bits per heavy atom. The van der Waals surface area contributed by atoms with E-state index in [9.17, 15) is 19.3 Å². The number of amides is 1. The summed E-state index contributed by atoms with van der Waals surface area (Å²) in [5.41, 5.74) is 0.916. The van der Waals surface area contributed by atoms with Gasteiger partial charge in [0, 0.05) is 23.7 Å². The number of halogens is 2. The first-order valence-electron chi connectivity index (χ1n) is 12.6. The van der Waals surface area contributed by atoms with Crippen molar-refractivity contribution in [1.29, 1.82) is 0 Å². The number of hydrogen-bond acceptors (Lipinski definition) is 5. The predicted octanol–water partition coefficient (Wildman–Crippen LogP) is 5.57. The number of carbonyl (C=O) groups is 1. The zero-order valence-corrected chi connectivity index (χ0v) is 22.1. The molecule has 3 aromatic rings. The Bertz CT molecular complexity index is 1390. The van der Waals surface area contributed by atoms with Gasteiger partial charge in [-0.2, -0.15) is 9.78 Å². The molecule has 194 valence electrons. The number of hydrogen-bond donors (Lipinski definition) is 1. The topological polar surface area (TPSA) is 108 Å². The zero-order valence-electron chi connectivity index (χ0n) is 20.5. The molecule has 2 aromatic heterocycles. The van der Waals surface area contributed by atoms with Crippen molar-refractivity contribution in [3.8, 4) is 0 Å². The van der Waals surface area contributed by atoms with Gasteiger partial charge >= 0.3 is 5.82 Å². The lowest BCUT2D eigenvalue weighted by Gasteiger charge is -2.61. The molecule has 4 aliphatic rings. The van der Waals surface area contributed by atoms with E-state index < -0.39 is 4.92 Å². The van der Waals surface area contributed by atoms with Gasteiger partial charge in [0.1, 0.15) is 10.3 Å². The largest absolute Gasteiger partial charge is 0.404 e. The standard InChI is InChI=1S/C26H28BrFN6O3/c1-16-6-22(30-32(16)13-19-4-2-3-5-21(19)28)29-23(35)12-25-8-17-7-18(9-25)11-26(10-17,15-25)33-14-20(27)24(31-33)34(36)37/h2-6,14,17-18H,7-13,15H2,1H3,(H,29,30,35). The predicted molar refractivity (Wildman–Crippen MR) is 137 cm³/mol. The number of nitro groups is 1. The van der Waals surface area contributed by atoms with Crippen LogP contribution < -0.4 is 5.32 Å². The van der Waals surface area contributed by atoms with Crippen molar-refractivity contribution in [3.05, 3.63) is 68.2 Å². The van der Waals surface area contributed by atoms with E-state index in [4.69, 9.17) is 0 Å². The second-order valence-electron chi connectivity index (χ2n) is 11.3. The van der Waals surface area contributed by atoms with Gasteiger partial charge < -0.3 is 15.4 Å². The van der Waals surface area contributed by atoms with E-state index in [2.05, 4.69) is 31.4 Å². The molecule has 1 N–H and O–H groups in total. The van der Waals surface area contributed by atoms with Crippen molar-refractivity contribution < 1.29 is 14.1 Å². The maximum atomic E-state index is 14.1. The van der Waals surface area contributed by atoms with E-state index in [0.29, 0.717) is 34.1 Å². The smallest absolute Gasteiger partial charge is 0.358 e. The minimum absolute atomic E-state index is 0.0831. The van der Waals surface area contributed by atoms with Crippen molar-refractivity contribution in [3.63, 3.8) is 0 Å². The maximum absolute atomic E-state index is 14.1. The summed E-state index contributed by atoms with van der Waals surface area (Å²) in [4.78, 5) is 24.2. The second-order valence-corrected chi connectivity index (χ2v) is 12.2. The molecule has 4 bridgehead atoms. The third-order valence-corrected chi connectivity index (χ3v) is 9.08. The highest BCUT2D eigenvalue weighted by Crippen LogP contribution is 2.65. The number of aromatic nitrogens is 4. The van der Waals surface area contributed by atoms with E-state index in [1.54, 1.807) is 35.1 Å². The van der Waals surface area contributed by atoms with Crippen LogP contribution in [0, 0.1) is 40.1 Å². The Balaban J connectivity index is 1.19. The highest BCUT2D eigenvalue weighted by molar-refractivity contribution is 9.10. The number of nitrogens with zero attached hydrogens (tertiary/aromatic N) is 5. The number of aryl methyl sites for hydroxylation is 1. The molecule has 4 fully saturated rings. The SMILES string of the molecule is Cc1cc(NC(=O)CC23CC4CC(C2)CC(n2cc(Br)c([N+](=O)[O-])n2)(C4)C3)nn1Cc1ccccc1F. The van der Waals surface area contributed by atoms with Gasteiger partial charge in [0.25, 0.3) is 0 Å². The molecule has 0 radical (unpaired) electrons. The molecule has 4 saturated carbocycles. The van der Waals surface area contributed by atoms with Gasteiger partial charge in [0.2, 0.25) is 5.91 Å². The van der Waals surface area contributed by atoms with Crippen LogP contribution in [0.2, 0.25) is 0 Å². The van der Waals surface area contributed by atoms with Gasteiger partial charge in [0.15, 0.2) is 5.82 Å². The van der Waals surface area contributed by atoms with Gasteiger partial charge in [-0.15, -0.1) is 0 Å². The van der Waals surface area contributed by atoms with Crippen LogP contribution in [0.5, 0.6) is 0 Å². The molecular formula is C26H28BrFN6O3. The molecule has 4 aliphatic carbocycles. The Hall–Kier alpha value is -3.08. The Morgan fingerprint density at radius 1 is 1.24 bits per heavy atom. The Kier molecular flexibility index (Phi) is 5.74. The molecule has 2 heterocycles. The van der Waals surface area contributed by atoms with E-state index in [1.165, 1.54) is 6.07 Å². The minimum Gasteiger partial charge on any atom is -0.358 e. The zero-order chi connectivity index (χ0) is 25.9. The number of rotatable bonds is 7. The summed E-state index contributed by atoms with van der Waals surface area (Å²) in [5, 5.41) is 23.3. The number of anilines is 1. The molecule has 9 nitrogen and oxygen atoms in total. The van der Waals surface area contributed by atoms with Crippen LogP contribution in [-0.2, 0) is 16.9 Å². The lowest BCUT2D eigenvalue weighted by Crippen LogP contribution is -2.57. The molecular weight excluding hydrogens is 543 g/mol. The normalized spacial score (nSPS) is 28.0. The van der Waals surface area contributed by atoms with Crippen LogP contribution in [-0.4, -0.2) is 30.4 Å².